The first-order valence-electron chi connectivity index (χ1n) is 18.5. The summed E-state index contributed by atoms with van der Waals surface area (Å²) in [5.74, 6) is 0.828. The fourth-order valence-electron chi connectivity index (χ4n) is 8.11. The first kappa shape index (κ1) is 32.1. The molecule has 3 heteroatoms. The quantitative estimate of drug-likeness (QED) is 0.162. The highest BCUT2D eigenvalue weighted by Gasteiger charge is 2.20. The Labute approximate surface area is 319 Å². The van der Waals surface area contributed by atoms with Crippen LogP contribution in [0.25, 0.3) is 94.2 Å². The SMILES string of the molecule is N#Cc1ccc2c(c1)nc(-c1cccc(-c3c4ccccc4c(-c4cc(-c5ccccc5)cc(-c5ccccc5)c4)c4ccccc34)c1)n2-c1ccccc1. The van der Waals surface area contributed by atoms with Crippen LogP contribution in [0, 0.1) is 11.3 Å². The number of benzene rings is 9. The van der Waals surface area contributed by atoms with Crippen molar-refractivity contribution >= 4 is 32.6 Å². The monoisotopic (exact) mass is 699 g/mol. The molecule has 3 nitrogen and oxygen atoms in total. The molecule has 0 radical (unpaired) electrons. The lowest BCUT2D eigenvalue weighted by Gasteiger charge is -2.19. The second-order valence-electron chi connectivity index (χ2n) is 13.9. The lowest BCUT2D eigenvalue weighted by molar-refractivity contribution is 1.10. The number of para-hydroxylation sites is 1. The Kier molecular flexibility index (Phi) is 7.86. The summed E-state index contributed by atoms with van der Waals surface area (Å²) in [5, 5.41) is 14.5. The summed E-state index contributed by atoms with van der Waals surface area (Å²) < 4.78 is 2.19. The summed E-state index contributed by atoms with van der Waals surface area (Å²) in [6.45, 7) is 0. The average molecular weight is 700 g/mol. The molecule has 256 valence electrons. The molecule has 0 saturated carbocycles. The van der Waals surface area contributed by atoms with Gasteiger partial charge in [-0.1, -0.05) is 146 Å². The van der Waals surface area contributed by atoms with E-state index in [9.17, 15) is 5.26 Å². The zero-order valence-corrected chi connectivity index (χ0v) is 29.9. The van der Waals surface area contributed by atoms with Gasteiger partial charge in [0, 0.05) is 11.3 Å². The molecule has 0 bridgehead atoms. The predicted octanol–water partition coefficient (Wildman–Crippen LogP) is 13.5. The van der Waals surface area contributed by atoms with Crippen LogP contribution in [0.2, 0.25) is 0 Å². The lowest BCUT2D eigenvalue weighted by Crippen LogP contribution is -1.97. The summed E-state index contributed by atoms with van der Waals surface area (Å²) in [6.07, 6.45) is 0. The third-order valence-electron chi connectivity index (χ3n) is 10.6. The number of imidazole rings is 1. The summed E-state index contributed by atoms with van der Waals surface area (Å²) in [6, 6.07) is 73.1. The van der Waals surface area contributed by atoms with Crippen molar-refractivity contribution in [3.8, 4) is 67.7 Å². The second kappa shape index (κ2) is 13.5. The van der Waals surface area contributed by atoms with Gasteiger partial charge in [-0.3, -0.25) is 4.57 Å². The maximum atomic E-state index is 9.68. The molecule has 55 heavy (non-hydrogen) atoms. The Morgan fingerprint density at radius 3 is 1.40 bits per heavy atom. The minimum atomic E-state index is 0.591. The van der Waals surface area contributed by atoms with E-state index in [0.717, 1.165) is 33.7 Å². The summed E-state index contributed by atoms with van der Waals surface area (Å²) in [4.78, 5) is 5.16. The third kappa shape index (κ3) is 5.65. The van der Waals surface area contributed by atoms with Gasteiger partial charge in [-0.05, 0) is 121 Å². The Hall–Kier alpha value is -7.54. The van der Waals surface area contributed by atoms with Crippen molar-refractivity contribution in [3.63, 3.8) is 0 Å². The van der Waals surface area contributed by atoms with Crippen LogP contribution in [0.1, 0.15) is 5.56 Å². The third-order valence-corrected chi connectivity index (χ3v) is 10.6. The van der Waals surface area contributed by atoms with Crippen LogP contribution in [0.15, 0.2) is 200 Å². The van der Waals surface area contributed by atoms with Gasteiger partial charge in [0.1, 0.15) is 5.82 Å². The molecule has 10 rings (SSSR count). The maximum Gasteiger partial charge on any atom is 0.145 e. The van der Waals surface area contributed by atoms with Crippen LogP contribution in [0.3, 0.4) is 0 Å². The Bertz CT molecular complexity index is 2970. The first-order chi connectivity index (χ1) is 27.2. The molecule has 0 amide bonds. The van der Waals surface area contributed by atoms with Crippen molar-refractivity contribution in [2.24, 2.45) is 0 Å². The summed E-state index contributed by atoms with van der Waals surface area (Å²) in [5.41, 5.74) is 13.8. The fourth-order valence-corrected chi connectivity index (χ4v) is 8.11. The molecule has 0 spiro atoms. The van der Waals surface area contributed by atoms with E-state index in [1.54, 1.807) is 0 Å². The molecular weight excluding hydrogens is 667 g/mol. The van der Waals surface area contributed by atoms with Crippen molar-refractivity contribution in [3.05, 3.63) is 206 Å². The second-order valence-corrected chi connectivity index (χ2v) is 13.9. The highest BCUT2D eigenvalue weighted by molar-refractivity contribution is 6.21. The number of hydrogen-bond donors (Lipinski definition) is 0. The maximum absolute atomic E-state index is 9.68. The van der Waals surface area contributed by atoms with Gasteiger partial charge >= 0.3 is 0 Å². The van der Waals surface area contributed by atoms with Gasteiger partial charge in [0.15, 0.2) is 0 Å². The molecule has 0 atom stereocenters. The molecule has 0 saturated heterocycles. The number of nitriles is 1. The zero-order valence-electron chi connectivity index (χ0n) is 29.9. The molecule has 1 aromatic heterocycles. The minimum Gasteiger partial charge on any atom is -0.292 e. The van der Waals surface area contributed by atoms with Crippen LogP contribution in [-0.4, -0.2) is 9.55 Å². The van der Waals surface area contributed by atoms with Gasteiger partial charge in [0.05, 0.1) is 22.7 Å². The minimum absolute atomic E-state index is 0.591. The highest BCUT2D eigenvalue weighted by atomic mass is 15.1. The van der Waals surface area contributed by atoms with Crippen LogP contribution in [-0.2, 0) is 0 Å². The molecule has 0 aliphatic heterocycles. The number of rotatable bonds is 6. The van der Waals surface area contributed by atoms with Gasteiger partial charge in [-0.2, -0.15) is 5.26 Å². The van der Waals surface area contributed by atoms with Crippen molar-refractivity contribution in [1.29, 1.82) is 5.26 Å². The van der Waals surface area contributed by atoms with Crippen LogP contribution in [0.4, 0.5) is 0 Å². The molecule has 9 aromatic carbocycles. The number of hydrogen-bond acceptors (Lipinski definition) is 2. The van der Waals surface area contributed by atoms with E-state index in [4.69, 9.17) is 4.98 Å². The van der Waals surface area contributed by atoms with Crippen molar-refractivity contribution in [2.75, 3.05) is 0 Å². The van der Waals surface area contributed by atoms with Crippen molar-refractivity contribution < 1.29 is 0 Å². The molecular formula is C52H33N3. The van der Waals surface area contributed by atoms with E-state index in [1.807, 2.05) is 36.4 Å². The lowest BCUT2D eigenvalue weighted by atomic mass is 9.84. The number of aromatic nitrogens is 2. The average Bonchev–Trinajstić information content (AvgIpc) is 3.65. The molecule has 0 unspecified atom stereocenters. The topological polar surface area (TPSA) is 41.6 Å². The van der Waals surface area contributed by atoms with Gasteiger partial charge in [-0.15, -0.1) is 0 Å². The van der Waals surface area contributed by atoms with Crippen LogP contribution in [0.5, 0.6) is 0 Å². The van der Waals surface area contributed by atoms with E-state index in [-0.39, 0.29) is 0 Å². The van der Waals surface area contributed by atoms with Crippen molar-refractivity contribution in [2.45, 2.75) is 0 Å². The van der Waals surface area contributed by atoms with E-state index in [0.29, 0.717) is 5.56 Å². The number of fused-ring (bicyclic) bond motifs is 3. The Morgan fingerprint density at radius 2 is 0.836 bits per heavy atom. The molecule has 0 aliphatic rings. The summed E-state index contributed by atoms with van der Waals surface area (Å²) in [7, 11) is 0. The van der Waals surface area contributed by atoms with Gasteiger partial charge < -0.3 is 0 Å². The first-order valence-corrected chi connectivity index (χ1v) is 18.5. The van der Waals surface area contributed by atoms with E-state index < -0.39 is 0 Å². The number of nitrogens with zero attached hydrogens (tertiary/aromatic N) is 3. The van der Waals surface area contributed by atoms with Crippen LogP contribution >= 0.6 is 0 Å². The van der Waals surface area contributed by atoms with Gasteiger partial charge in [0.25, 0.3) is 0 Å². The van der Waals surface area contributed by atoms with Gasteiger partial charge in [-0.25, -0.2) is 4.98 Å². The Balaban J connectivity index is 1.22. The van der Waals surface area contributed by atoms with E-state index in [1.165, 1.54) is 60.5 Å². The van der Waals surface area contributed by atoms with E-state index >= 15 is 0 Å². The molecule has 10 aromatic rings. The zero-order chi connectivity index (χ0) is 36.7. The molecule has 1 heterocycles. The molecule has 0 aliphatic carbocycles. The smallest absolute Gasteiger partial charge is 0.145 e. The van der Waals surface area contributed by atoms with E-state index in [2.05, 4.69) is 174 Å². The normalized spacial score (nSPS) is 11.3. The van der Waals surface area contributed by atoms with Gasteiger partial charge in [0.2, 0.25) is 0 Å². The molecule has 0 fully saturated rings. The van der Waals surface area contributed by atoms with Crippen molar-refractivity contribution in [1.82, 2.24) is 9.55 Å². The molecule has 0 N–H and O–H groups in total. The fraction of sp³-hybridized carbons (Fsp3) is 0. The highest BCUT2D eigenvalue weighted by Crippen LogP contribution is 2.46. The standard InChI is InChI=1S/C52H33N3/c53-34-35-27-28-49-48(29-35)54-52(55(49)43-21-8-3-9-22-43)39-20-14-19-38(30-39)50-44-23-10-12-25-46(44)51(47-26-13-11-24-45(47)50)42-32-40(36-15-4-1-5-16-36)31-41(33-42)37-17-6-2-7-18-37/h1-33H. The van der Waals surface area contributed by atoms with Crippen LogP contribution < -0.4 is 0 Å². The largest absolute Gasteiger partial charge is 0.292 e. The Morgan fingerprint density at radius 1 is 0.382 bits per heavy atom. The summed E-state index contributed by atoms with van der Waals surface area (Å²) >= 11 is 0. The predicted molar refractivity (Wildman–Crippen MR) is 228 cm³/mol.